The van der Waals surface area contributed by atoms with E-state index in [0.29, 0.717) is 0 Å². The summed E-state index contributed by atoms with van der Waals surface area (Å²) in [4.78, 5) is 0. The Bertz CT molecular complexity index is 631. The number of benzene rings is 2. The number of rotatable bonds is 3. The molecule has 0 bridgehead atoms. The maximum absolute atomic E-state index is 9.40. The summed E-state index contributed by atoms with van der Waals surface area (Å²) < 4.78 is 1.02. The predicted molar refractivity (Wildman–Crippen MR) is 91.3 cm³/mol. The van der Waals surface area contributed by atoms with Crippen LogP contribution in [0.15, 0.2) is 53.0 Å². The molecular weight excluding hydrogens is 324 g/mol. The lowest BCUT2D eigenvalue weighted by Crippen LogP contribution is -2.12. The van der Waals surface area contributed by atoms with Crippen LogP contribution in [-0.4, -0.2) is 0 Å². The van der Waals surface area contributed by atoms with Crippen molar-refractivity contribution in [1.82, 2.24) is 0 Å². The minimum atomic E-state index is -0.347. The van der Waals surface area contributed by atoms with Gasteiger partial charge in [0.2, 0.25) is 0 Å². The fourth-order valence-electron chi connectivity index (χ4n) is 2.08. The van der Waals surface area contributed by atoms with Gasteiger partial charge in [-0.3, -0.25) is 0 Å². The van der Waals surface area contributed by atoms with Gasteiger partial charge in [-0.1, -0.05) is 61.0 Å². The van der Waals surface area contributed by atoms with Crippen LogP contribution in [0.25, 0.3) is 0 Å². The highest BCUT2D eigenvalue weighted by molar-refractivity contribution is 9.10. The van der Waals surface area contributed by atoms with Crippen LogP contribution in [-0.2, 0) is 5.41 Å². The van der Waals surface area contributed by atoms with E-state index < -0.39 is 0 Å². The summed E-state index contributed by atoms with van der Waals surface area (Å²) in [6.07, 6.45) is 0. The fraction of sp³-hybridized carbons (Fsp3) is 0.278. The zero-order chi connectivity index (χ0) is 15.5. The molecule has 2 nitrogen and oxygen atoms in total. The van der Waals surface area contributed by atoms with Crippen molar-refractivity contribution < 1.29 is 0 Å². The van der Waals surface area contributed by atoms with Crippen molar-refractivity contribution in [2.75, 3.05) is 5.32 Å². The van der Waals surface area contributed by atoms with Crippen LogP contribution in [0.1, 0.15) is 37.9 Å². The van der Waals surface area contributed by atoms with Gasteiger partial charge >= 0.3 is 0 Å². The third-order valence-electron chi connectivity index (χ3n) is 3.39. The Morgan fingerprint density at radius 2 is 1.57 bits per heavy atom. The van der Waals surface area contributed by atoms with Crippen LogP contribution < -0.4 is 5.32 Å². The minimum Gasteiger partial charge on any atom is -0.366 e. The lowest BCUT2D eigenvalue weighted by atomic mass is 9.86. The molecule has 0 heterocycles. The van der Waals surface area contributed by atoms with Gasteiger partial charge in [-0.05, 0) is 40.8 Å². The highest BCUT2D eigenvalue weighted by Gasteiger charge is 2.15. The number of halogens is 1. The molecule has 0 saturated carbocycles. The second-order valence-electron chi connectivity index (χ2n) is 6.09. The van der Waals surface area contributed by atoms with Gasteiger partial charge in [0.05, 0.1) is 6.07 Å². The first-order valence-corrected chi connectivity index (χ1v) is 7.71. The number of nitrogens with one attached hydrogen (secondary N) is 1. The van der Waals surface area contributed by atoms with Crippen LogP contribution in [0.5, 0.6) is 0 Å². The highest BCUT2D eigenvalue weighted by atomic mass is 79.9. The van der Waals surface area contributed by atoms with Gasteiger partial charge in [0.15, 0.2) is 0 Å². The topological polar surface area (TPSA) is 35.8 Å². The smallest absolute Gasteiger partial charge is 0.140 e. The number of hydrogen-bond donors (Lipinski definition) is 1. The first-order chi connectivity index (χ1) is 9.90. The first kappa shape index (κ1) is 15.6. The van der Waals surface area contributed by atoms with Crippen molar-refractivity contribution in [3.05, 3.63) is 64.1 Å². The SMILES string of the molecule is CC(C)(C)c1ccc(C(C#N)Nc2ccc(Br)cc2)cc1. The van der Waals surface area contributed by atoms with Crippen molar-refractivity contribution in [3.8, 4) is 6.07 Å². The average molecular weight is 343 g/mol. The van der Waals surface area contributed by atoms with Crippen LogP contribution >= 0.6 is 15.9 Å². The molecule has 1 unspecified atom stereocenters. The molecule has 0 aliphatic heterocycles. The summed E-state index contributed by atoms with van der Waals surface area (Å²) in [6.45, 7) is 6.55. The van der Waals surface area contributed by atoms with Gasteiger partial charge < -0.3 is 5.32 Å². The molecule has 3 heteroatoms. The monoisotopic (exact) mass is 342 g/mol. The zero-order valence-corrected chi connectivity index (χ0v) is 14.1. The molecule has 0 aliphatic rings. The van der Waals surface area contributed by atoms with Gasteiger partial charge in [-0.25, -0.2) is 0 Å². The normalized spacial score (nSPS) is 12.5. The number of anilines is 1. The summed E-state index contributed by atoms with van der Waals surface area (Å²) in [7, 11) is 0. The Balaban J connectivity index is 2.18. The average Bonchev–Trinajstić information content (AvgIpc) is 2.46. The number of nitrogens with zero attached hydrogens (tertiary/aromatic N) is 1. The van der Waals surface area contributed by atoms with E-state index in [4.69, 9.17) is 0 Å². The maximum atomic E-state index is 9.40. The van der Waals surface area contributed by atoms with E-state index in [1.54, 1.807) is 0 Å². The molecule has 108 valence electrons. The third-order valence-corrected chi connectivity index (χ3v) is 3.92. The first-order valence-electron chi connectivity index (χ1n) is 6.92. The summed E-state index contributed by atoms with van der Waals surface area (Å²) in [5, 5.41) is 12.7. The Hall–Kier alpha value is -1.79. The fourth-order valence-corrected chi connectivity index (χ4v) is 2.34. The molecular formula is C18H19BrN2. The summed E-state index contributed by atoms with van der Waals surface area (Å²) >= 11 is 3.41. The molecule has 2 rings (SSSR count). The van der Waals surface area contributed by atoms with Crippen molar-refractivity contribution >= 4 is 21.6 Å². The lowest BCUT2D eigenvalue weighted by Gasteiger charge is -2.20. The molecule has 0 aromatic heterocycles. The van der Waals surface area contributed by atoms with Crippen molar-refractivity contribution in [3.63, 3.8) is 0 Å². The van der Waals surface area contributed by atoms with Crippen molar-refractivity contribution in [1.29, 1.82) is 5.26 Å². The molecule has 0 saturated heterocycles. The Labute approximate surface area is 134 Å². The Morgan fingerprint density at radius 1 is 1.00 bits per heavy atom. The molecule has 2 aromatic carbocycles. The molecule has 0 amide bonds. The van der Waals surface area contributed by atoms with E-state index in [2.05, 4.69) is 60.2 Å². The molecule has 21 heavy (non-hydrogen) atoms. The van der Waals surface area contributed by atoms with E-state index in [1.165, 1.54) is 5.56 Å². The number of hydrogen-bond acceptors (Lipinski definition) is 2. The van der Waals surface area contributed by atoms with Gasteiger partial charge in [0, 0.05) is 10.2 Å². The van der Waals surface area contributed by atoms with Gasteiger partial charge in [-0.2, -0.15) is 5.26 Å². The van der Waals surface area contributed by atoms with Crippen molar-refractivity contribution in [2.45, 2.75) is 32.2 Å². The molecule has 1 atom stereocenters. The standard InChI is InChI=1S/C18H19BrN2/c1-18(2,3)14-6-4-13(5-7-14)17(12-20)21-16-10-8-15(19)9-11-16/h4-11,17,21H,1-3H3. The van der Waals surface area contributed by atoms with E-state index >= 15 is 0 Å². The molecule has 0 fully saturated rings. The summed E-state index contributed by atoms with van der Waals surface area (Å²) in [5.74, 6) is 0. The molecule has 0 spiro atoms. The molecule has 0 aliphatic carbocycles. The number of nitriles is 1. The lowest BCUT2D eigenvalue weighted by molar-refractivity contribution is 0.590. The summed E-state index contributed by atoms with van der Waals surface area (Å²) in [5.41, 5.74) is 3.31. The van der Waals surface area contributed by atoms with E-state index in [0.717, 1.165) is 15.7 Å². The highest BCUT2D eigenvalue weighted by Crippen LogP contribution is 2.25. The molecule has 0 radical (unpaired) electrons. The van der Waals surface area contributed by atoms with E-state index in [-0.39, 0.29) is 11.5 Å². The van der Waals surface area contributed by atoms with Crippen LogP contribution in [0.2, 0.25) is 0 Å². The van der Waals surface area contributed by atoms with Crippen LogP contribution in [0, 0.1) is 11.3 Å². The van der Waals surface area contributed by atoms with Gasteiger partial charge in [0.25, 0.3) is 0 Å². The van der Waals surface area contributed by atoms with Gasteiger partial charge in [0.1, 0.15) is 6.04 Å². The van der Waals surface area contributed by atoms with Crippen molar-refractivity contribution in [2.24, 2.45) is 0 Å². The van der Waals surface area contributed by atoms with E-state index in [1.807, 2.05) is 36.4 Å². The maximum Gasteiger partial charge on any atom is 0.140 e. The van der Waals surface area contributed by atoms with E-state index in [9.17, 15) is 5.26 Å². The second-order valence-corrected chi connectivity index (χ2v) is 7.00. The largest absolute Gasteiger partial charge is 0.366 e. The molecule has 1 N–H and O–H groups in total. The quantitative estimate of drug-likeness (QED) is 0.807. The predicted octanol–water partition coefficient (Wildman–Crippen LogP) is 5.42. The Kier molecular flexibility index (Phi) is 4.69. The minimum absolute atomic E-state index is 0.125. The second kappa shape index (κ2) is 6.32. The third kappa shape index (κ3) is 4.09. The van der Waals surface area contributed by atoms with Gasteiger partial charge in [-0.15, -0.1) is 0 Å². The van der Waals surface area contributed by atoms with Crippen LogP contribution in [0.4, 0.5) is 5.69 Å². The zero-order valence-electron chi connectivity index (χ0n) is 12.5. The Morgan fingerprint density at radius 3 is 2.05 bits per heavy atom. The molecule has 2 aromatic rings. The summed E-state index contributed by atoms with van der Waals surface area (Å²) in [6, 6.07) is 18.1. The van der Waals surface area contributed by atoms with Crippen LogP contribution in [0.3, 0.4) is 0 Å².